The predicted molar refractivity (Wildman–Crippen MR) is 78.5 cm³/mol. The molecule has 0 fully saturated rings. The van der Waals surface area contributed by atoms with Crippen molar-refractivity contribution in [1.29, 1.82) is 0 Å². The van der Waals surface area contributed by atoms with Crippen molar-refractivity contribution in [2.75, 3.05) is 25.9 Å². The average molecular weight is 278 g/mol. The lowest BCUT2D eigenvalue weighted by Crippen LogP contribution is -2.53. The van der Waals surface area contributed by atoms with Gasteiger partial charge >= 0.3 is 0 Å². The Balaban J connectivity index is 4.75. The first-order chi connectivity index (χ1) is 8.06. The van der Waals surface area contributed by atoms with Crippen molar-refractivity contribution in [3.8, 4) is 0 Å². The smallest absolute Gasteiger partial charge is 0.156 e. The molecule has 0 aliphatic rings. The second-order valence-corrected chi connectivity index (χ2v) is 8.85. The SMILES string of the molecule is CCC(CC)(CN)N(C)CCS(=O)(=O)C(C)(C)C. The molecule has 0 bridgehead atoms. The molecule has 0 atom stereocenters. The van der Waals surface area contributed by atoms with Gasteiger partial charge in [-0.2, -0.15) is 0 Å². The van der Waals surface area contributed by atoms with E-state index in [0.717, 1.165) is 12.8 Å². The fourth-order valence-corrected chi connectivity index (χ4v) is 3.16. The summed E-state index contributed by atoms with van der Waals surface area (Å²) in [6, 6.07) is 0. The van der Waals surface area contributed by atoms with Gasteiger partial charge in [0.25, 0.3) is 0 Å². The van der Waals surface area contributed by atoms with Crippen molar-refractivity contribution in [1.82, 2.24) is 4.90 Å². The highest BCUT2D eigenvalue weighted by molar-refractivity contribution is 7.92. The fraction of sp³-hybridized carbons (Fsp3) is 1.00. The highest BCUT2D eigenvalue weighted by Crippen LogP contribution is 2.22. The van der Waals surface area contributed by atoms with Crippen LogP contribution >= 0.6 is 0 Å². The van der Waals surface area contributed by atoms with Gasteiger partial charge < -0.3 is 5.73 Å². The Morgan fingerprint density at radius 1 is 1.11 bits per heavy atom. The third kappa shape index (κ3) is 3.93. The third-order valence-electron chi connectivity index (χ3n) is 4.13. The second kappa shape index (κ2) is 6.35. The number of hydrogen-bond donors (Lipinski definition) is 1. The Labute approximate surface area is 113 Å². The Morgan fingerprint density at radius 2 is 1.56 bits per heavy atom. The van der Waals surface area contributed by atoms with Crippen LogP contribution in [0.3, 0.4) is 0 Å². The number of rotatable bonds is 7. The number of nitrogens with two attached hydrogens (primary N) is 1. The average Bonchev–Trinajstić information content (AvgIpc) is 2.28. The van der Waals surface area contributed by atoms with Gasteiger partial charge in [0.05, 0.1) is 10.5 Å². The Kier molecular flexibility index (Phi) is 6.30. The summed E-state index contributed by atoms with van der Waals surface area (Å²) in [5.74, 6) is 0.189. The second-order valence-electron chi connectivity index (χ2n) is 5.99. The molecule has 2 N–H and O–H groups in total. The van der Waals surface area contributed by atoms with Crippen molar-refractivity contribution < 1.29 is 8.42 Å². The van der Waals surface area contributed by atoms with Gasteiger partial charge in [-0.25, -0.2) is 8.42 Å². The van der Waals surface area contributed by atoms with Gasteiger partial charge in [-0.15, -0.1) is 0 Å². The molecule has 0 aliphatic carbocycles. The molecule has 0 radical (unpaired) electrons. The summed E-state index contributed by atoms with van der Waals surface area (Å²) < 4.78 is 23.5. The normalized spacial score (nSPS) is 14.2. The molecule has 0 saturated carbocycles. The lowest BCUT2D eigenvalue weighted by Gasteiger charge is -2.40. The van der Waals surface area contributed by atoms with Gasteiger partial charge in [-0.1, -0.05) is 13.8 Å². The van der Waals surface area contributed by atoms with Gasteiger partial charge in [-0.3, -0.25) is 4.90 Å². The molecule has 110 valence electrons. The zero-order chi connectivity index (χ0) is 14.6. The summed E-state index contributed by atoms with van der Waals surface area (Å²) in [5, 5.41) is 0. The molecular weight excluding hydrogens is 248 g/mol. The standard InChI is InChI=1S/C13H30N2O2S/c1-7-13(8-2,11-14)15(6)9-10-18(16,17)12(3,4)5/h7-11,14H2,1-6H3. The van der Waals surface area contributed by atoms with Gasteiger partial charge in [-0.05, 0) is 40.7 Å². The van der Waals surface area contributed by atoms with Crippen LogP contribution in [0.25, 0.3) is 0 Å². The highest BCUT2D eigenvalue weighted by atomic mass is 32.2. The quantitative estimate of drug-likeness (QED) is 0.769. The largest absolute Gasteiger partial charge is 0.329 e. The molecule has 0 rings (SSSR count). The van der Waals surface area contributed by atoms with E-state index in [1.165, 1.54) is 0 Å². The molecule has 0 heterocycles. The minimum atomic E-state index is -3.06. The van der Waals surface area contributed by atoms with Crippen LogP contribution in [-0.2, 0) is 9.84 Å². The summed E-state index contributed by atoms with van der Waals surface area (Å²) in [6.07, 6.45) is 1.87. The molecule has 0 saturated heterocycles. The maximum absolute atomic E-state index is 12.1. The van der Waals surface area contributed by atoms with E-state index in [0.29, 0.717) is 13.1 Å². The van der Waals surface area contributed by atoms with Gasteiger partial charge in [0.1, 0.15) is 0 Å². The molecule has 0 aromatic rings. The van der Waals surface area contributed by atoms with E-state index in [9.17, 15) is 8.42 Å². The minimum absolute atomic E-state index is 0.0760. The molecule has 0 aromatic heterocycles. The van der Waals surface area contributed by atoms with E-state index in [1.54, 1.807) is 20.8 Å². The van der Waals surface area contributed by atoms with Crippen molar-refractivity contribution in [3.63, 3.8) is 0 Å². The van der Waals surface area contributed by atoms with E-state index in [4.69, 9.17) is 5.73 Å². The van der Waals surface area contributed by atoms with E-state index in [1.807, 2.05) is 7.05 Å². The van der Waals surface area contributed by atoms with Crippen molar-refractivity contribution >= 4 is 9.84 Å². The summed E-state index contributed by atoms with van der Waals surface area (Å²) in [6.45, 7) is 10.6. The molecular formula is C13H30N2O2S. The number of sulfone groups is 1. The lowest BCUT2D eigenvalue weighted by atomic mass is 9.91. The first kappa shape index (κ1) is 17.9. The zero-order valence-electron chi connectivity index (χ0n) is 12.8. The number of likely N-dealkylation sites (N-methyl/N-ethyl adjacent to an activating group) is 1. The molecule has 0 aliphatic heterocycles. The van der Waals surface area contributed by atoms with Crippen LogP contribution in [-0.4, -0.2) is 49.5 Å². The number of nitrogens with zero attached hydrogens (tertiary/aromatic N) is 1. The van der Waals surface area contributed by atoms with Crippen LogP contribution in [0.2, 0.25) is 0 Å². The Morgan fingerprint density at radius 3 is 1.83 bits per heavy atom. The summed E-state index contributed by atoms with van der Waals surface area (Å²) in [4.78, 5) is 2.11. The molecule has 0 spiro atoms. The van der Waals surface area contributed by atoms with E-state index >= 15 is 0 Å². The van der Waals surface area contributed by atoms with Crippen LogP contribution in [0.1, 0.15) is 47.5 Å². The Bertz CT molecular complexity index is 332. The summed E-state index contributed by atoms with van der Waals surface area (Å²) in [5.41, 5.74) is 5.79. The van der Waals surface area contributed by atoms with E-state index in [-0.39, 0.29) is 11.3 Å². The predicted octanol–water partition coefficient (Wildman–Crippen LogP) is 1.65. The maximum atomic E-state index is 12.1. The van der Waals surface area contributed by atoms with Crippen molar-refractivity contribution in [2.24, 2.45) is 5.73 Å². The molecule has 0 aromatic carbocycles. The summed E-state index contributed by atoms with van der Waals surface area (Å²) >= 11 is 0. The third-order valence-corrected chi connectivity index (χ3v) is 6.72. The Hall–Kier alpha value is -0.130. The zero-order valence-corrected chi connectivity index (χ0v) is 13.6. The molecule has 18 heavy (non-hydrogen) atoms. The molecule has 0 amide bonds. The maximum Gasteiger partial charge on any atom is 0.156 e. The van der Waals surface area contributed by atoms with Crippen molar-refractivity contribution in [3.05, 3.63) is 0 Å². The first-order valence-electron chi connectivity index (χ1n) is 6.70. The van der Waals surface area contributed by atoms with Crippen molar-refractivity contribution in [2.45, 2.75) is 57.7 Å². The first-order valence-corrected chi connectivity index (χ1v) is 8.35. The van der Waals surface area contributed by atoms with Gasteiger partial charge in [0.15, 0.2) is 9.84 Å². The van der Waals surface area contributed by atoms with Crippen LogP contribution in [0, 0.1) is 0 Å². The van der Waals surface area contributed by atoms with Crippen LogP contribution < -0.4 is 5.73 Å². The number of hydrogen-bond acceptors (Lipinski definition) is 4. The monoisotopic (exact) mass is 278 g/mol. The topological polar surface area (TPSA) is 63.4 Å². The minimum Gasteiger partial charge on any atom is -0.329 e. The van der Waals surface area contributed by atoms with Crippen LogP contribution in [0.4, 0.5) is 0 Å². The highest BCUT2D eigenvalue weighted by Gasteiger charge is 2.33. The summed E-state index contributed by atoms with van der Waals surface area (Å²) in [7, 11) is -1.09. The fourth-order valence-electron chi connectivity index (χ4n) is 2.03. The van der Waals surface area contributed by atoms with Gasteiger partial charge in [0.2, 0.25) is 0 Å². The van der Waals surface area contributed by atoms with Crippen LogP contribution in [0.5, 0.6) is 0 Å². The van der Waals surface area contributed by atoms with Crippen LogP contribution in [0.15, 0.2) is 0 Å². The molecule has 5 heteroatoms. The van der Waals surface area contributed by atoms with E-state index < -0.39 is 14.6 Å². The lowest BCUT2D eigenvalue weighted by molar-refractivity contribution is 0.123. The van der Waals surface area contributed by atoms with E-state index in [2.05, 4.69) is 18.7 Å². The van der Waals surface area contributed by atoms with Gasteiger partial charge in [0, 0.05) is 18.6 Å². The molecule has 0 unspecified atom stereocenters. The molecule has 4 nitrogen and oxygen atoms in total.